The molecule has 1 atom stereocenters. The molecule has 1 fully saturated rings. The maximum atomic E-state index is 12.9. The van der Waals surface area contributed by atoms with Crippen LogP contribution in [0.5, 0.6) is 0 Å². The smallest absolute Gasteiger partial charge is 0.311 e. The Morgan fingerprint density at radius 1 is 1.32 bits per heavy atom. The van der Waals surface area contributed by atoms with Gasteiger partial charge in [0.05, 0.1) is 17.5 Å². The number of rotatable bonds is 7. The summed E-state index contributed by atoms with van der Waals surface area (Å²) in [6, 6.07) is 1.82. The van der Waals surface area contributed by atoms with E-state index in [-0.39, 0.29) is 12.5 Å². The van der Waals surface area contributed by atoms with Crippen LogP contribution in [-0.2, 0) is 11.3 Å². The number of nitrogens with zero attached hydrogens (tertiary/aromatic N) is 2. The van der Waals surface area contributed by atoms with Crippen molar-refractivity contribution in [2.45, 2.75) is 53.5 Å². The van der Waals surface area contributed by atoms with Crippen LogP contribution >= 0.6 is 0 Å². The Labute approximate surface area is 149 Å². The number of likely N-dealkylation sites (tertiary alicyclic amines) is 1. The molecular weight excluding hydrogens is 320 g/mol. The van der Waals surface area contributed by atoms with Crippen LogP contribution in [0, 0.1) is 12.3 Å². The van der Waals surface area contributed by atoms with Crippen LogP contribution in [-0.4, -0.2) is 53.0 Å². The average molecular weight is 350 g/mol. The van der Waals surface area contributed by atoms with Gasteiger partial charge in [-0.2, -0.15) is 0 Å². The summed E-state index contributed by atoms with van der Waals surface area (Å²) in [4.78, 5) is 28.6. The molecule has 1 amide bonds. The number of carbonyl (C=O) groups is 2. The predicted octanol–water partition coefficient (Wildman–Crippen LogP) is 3.15. The number of aryl methyl sites for hydroxylation is 1. The minimum absolute atomic E-state index is 0.120. The zero-order valence-electron chi connectivity index (χ0n) is 15.8. The Morgan fingerprint density at radius 2 is 2.00 bits per heavy atom. The normalized spacial score (nSPS) is 20.9. The highest BCUT2D eigenvalue weighted by atomic mass is 16.4. The summed E-state index contributed by atoms with van der Waals surface area (Å²) in [5.74, 6) is 0.459. The van der Waals surface area contributed by atoms with Crippen molar-refractivity contribution >= 4 is 11.9 Å². The highest BCUT2D eigenvalue weighted by Gasteiger charge is 2.42. The first-order valence-corrected chi connectivity index (χ1v) is 9.21. The number of piperidine rings is 1. The molecule has 6 heteroatoms. The summed E-state index contributed by atoms with van der Waals surface area (Å²) in [6.07, 6.45) is 1.87. The van der Waals surface area contributed by atoms with Crippen molar-refractivity contribution in [3.05, 3.63) is 23.2 Å². The molecule has 0 aliphatic carbocycles. The number of hydrogen-bond donors (Lipinski definition) is 1. The zero-order chi connectivity index (χ0) is 18.6. The molecular formula is C19H30N2O4. The lowest BCUT2D eigenvalue weighted by Crippen LogP contribution is -2.49. The van der Waals surface area contributed by atoms with Gasteiger partial charge in [0.25, 0.3) is 5.91 Å². The number of carbonyl (C=O) groups excluding carboxylic acids is 1. The largest absolute Gasteiger partial charge is 0.481 e. The van der Waals surface area contributed by atoms with Crippen molar-refractivity contribution in [2.24, 2.45) is 5.41 Å². The van der Waals surface area contributed by atoms with Crippen molar-refractivity contribution in [2.75, 3.05) is 26.2 Å². The first-order valence-electron chi connectivity index (χ1n) is 9.21. The lowest BCUT2D eigenvalue weighted by atomic mass is 9.77. The molecule has 140 valence electrons. The minimum Gasteiger partial charge on any atom is -0.481 e. The summed E-state index contributed by atoms with van der Waals surface area (Å²) >= 11 is 0. The van der Waals surface area contributed by atoms with E-state index in [0.717, 1.165) is 25.3 Å². The number of amides is 1. The van der Waals surface area contributed by atoms with Gasteiger partial charge < -0.3 is 14.4 Å². The van der Waals surface area contributed by atoms with Gasteiger partial charge in [0, 0.05) is 13.1 Å². The van der Waals surface area contributed by atoms with Gasteiger partial charge in [-0.25, -0.2) is 0 Å². The first kappa shape index (κ1) is 19.5. The Morgan fingerprint density at radius 3 is 2.56 bits per heavy atom. The van der Waals surface area contributed by atoms with Gasteiger partial charge in [-0.3, -0.25) is 14.5 Å². The lowest BCUT2D eigenvalue weighted by Gasteiger charge is -2.39. The quantitative estimate of drug-likeness (QED) is 0.818. The highest BCUT2D eigenvalue weighted by molar-refractivity contribution is 5.95. The summed E-state index contributed by atoms with van der Waals surface area (Å²) in [7, 11) is 0. The second-order valence-corrected chi connectivity index (χ2v) is 6.91. The fourth-order valence-electron chi connectivity index (χ4n) is 3.59. The Hall–Kier alpha value is -1.82. The summed E-state index contributed by atoms with van der Waals surface area (Å²) < 4.78 is 5.78. The molecule has 1 N–H and O–H groups in total. The maximum absolute atomic E-state index is 12.9. The van der Waals surface area contributed by atoms with Crippen LogP contribution in [0.15, 0.2) is 10.5 Å². The van der Waals surface area contributed by atoms with E-state index in [0.29, 0.717) is 37.3 Å². The van der Waals surface area contributed by atoms with E-state index in [4.69, 9.17) is 4.42 Å². The van der Waals surface area contributed by atoms with Gasteiger partial charge in [0.1, 0.15) is 11.5 Å². The van der Waals surface area contributed by atoms with Crippen LogP contribution in [0.3, 0.4) is 0 Å². The molecule has 0 bridgehead atoms. The SMILES string of the molecule is CCN(CC)Cc1cc(C(=O)N2CCCC(CC)(C(=O)O)C2)c(C)o1. The van der Waals surface area contributed by atoms with Crippen LogP contribution in [0.4, 0.5) is 0 Å². The van der Waals surface area contributed by atoms with Crippen molar-refractivity contribution < 1.29 is 19.1 Å². The molecule has 1 aliphatic rings. The van der Waals surface area contributed by atoms with Gasteiger partial charge in [0.15, 0.2) is 0 Å². The predicted molar refractivity (Wildman–Crippen MR) is 95.6 cm³/mol. The topological polar surface area (TPSA) is 74.0 Å². The Kier molecular flexibility index (Phi) is 6.27. The standard InChI is InChI=1S/C19H30N2O4/c1-5-19(18(23)24)9-8-10-21(13-19)17(22)16-11-15(25-14(16)4)12-20(6-2)7-3/h11H,5-10,12-13H2,1-4H3,(H,23,24). The summed E-state index contributed by atoms with van der Waals surface area (Å²) in [6.45, 7) is 11.3. The van der Waals surface area contributed by atoms with E-state index in [9.17, 15) is 14.7 Å². The molecule has 6 nitrogen and oxygen atoms in total. The van der Waals surface area contributed by atoms with Crippen LogP contribution < -0.4 is 0 Å². The third kappa shape index (κ3) is 4.06. The second-order valence-electron chi connectivity index (χ2n) is 6.91. The molecule has 0 aromatic carbocycles. The van der Waals surface area contributed by atoms with Crippen molar-refractivity contribution in [3.63, 3.8) is 0 Å². The zero-order valence-corrected chi connectivity index (χ0v) is 15.8. The van der Waals surface area contributed by atoms with E-state index in [1.165, 1.54) is 0 Å². The van der Waals surface area contributed by atoms with Crippen LogP contribution in [0.1, 0.15) is 61.9 Å². The number of aliphatic carboxylic acids is 1. The van der Waals surface area contributed by atoms with E-state index in [1.54, 1.807) is 11.8 Å². The Balaban J connectivity index is 2.17. The van der Waals surface area contributed by atoms with Crippen molar-refractivity contribution in [3.8, 4) is 0 Å². The molecule has 0 saturated carbocycles. The van der Waals surface area contributed by atoms with Gasteiger partial charge in [-0.1, -0.05) is 20.8 Å². The minimum atomic E-state index is -0.824. The summed E-state index contributed by atoms with van der Waals surface area (Å²) in [5.41, 5.74) is -0.269. The highest BCUT2D eigenvalue weighted by Crippen LogP contribution is 2.34. The van der Waals surface area contributed by atoms with E-state index in [1.807, 2.05) is 13.0 Å². The maximum Gasteiger partial charge on any atom is 0.311 e. The molecule has 1 unspecified atom stereocenters. The van der Waals surface area contributed by atoms with E-state index < -0.39 is 11.4 Å². The molecule has 1 saturated heterocycles. The lowest BCUT2D eigenvalue weighted by molar-refractivity contribution is -0.152. The number of carboxylic acid groups (broad SMARTS) is 1. The van der Waals surface area contributed by atoms with Crippen LogP contribution in [0.2, 0.25) is 0 Å². The monoisotopic (exact) mass is 350 g/mol. The average Bonchev–Trinajstić information content (AvgIpc) is 2.99. The first-order chi connectivity index (χ1) is 11.9. The van der Waals surface area contributed by atoms with Gasteiger partial charge >= 0.3 is 5.97 Å². The van der Waals surface area contributed by atoms with Gasteiger partial charge in [-0.05, 0) is 45.3 Å². The third-order valence-electron chi connectivity index (χ3n) is 5.47. The number of furan rings is 1. The van der Waals surface area contributed by atoms with Crippen molar-refractivity contribution in [1.82, 2.24) is 9.80 Å². The molecule has 1 aromatic heterocycles. The fraction of sp³-hybridized carbons (Fsp3) is 0.684. The molecule has 1 aromatic rings. The molecule has 25 heavy (non-hydrogen) atoms. The molecule has 2 rings (SSSR count). The number of hydrogen-bond acceptors (Lipinski definition) is 4. The molecule has 2 heterocycles. The van der Waals surface area contributed by atoms with E-state index in [2.05, 4.69) is 18.7 Å². The molecule has 0 radical (unpaired) electrons. The molecule has 1 aliphatic heterocycles. The number of carboxylic acids is 1. The van der Waals surface area contributed by atoms with Crippen molar-refractivity contribution in [1.29, 1.82) is 0 Å². The van der Waals surface area contributed by atoms with E-state index >= 15 is 0 Å². The van der Waals surface area contributed by atoms with Gasteiger partial charge in [0.2, 0.25) is 0 Å². The Bertz CT molecular complexity index is 621. The third-order valence-corrected chi connectivity index (χ3v) is 5.47. The molecule has 0 spiro atoms. The summed E-state index contributed by atoms with van der Waals surface area (Å²) in [5, 5.41) is 9.61. The van der Waals surface area contributed by atoms with Crippen LogP contribution in [0.25, 0.3) is 0 Å². The fourth-order valence-corrected chi connectivity index (χ4v) is 3.59. The second kappa shape index (κ2) is 8.04. The van der Waals surface area contributed by atoms with Gasteiger partial charge in [-0.15, -0.1) is 0 Å².